The highest BCUT2D eigenvalue weighted by Crippen LogP contribution is 2.32. The van der Waals surface area contributed by atoms with Gasteiger partial charge in [0.1, 0.15) is 12.6 Å². The number of nitrogens with zero attached hydrogens (tertiary/aromatic N) is 2. The van der Waals surface area contributed by atoms with Crippen LogP contribution >= 0.6 is 11.6 Å². The van der Waals surface area contributed by atoms with E-state index in [0.717, 1.165) is 5.56 Å². The SMILES string of the molecule is C=CCOC(=O)N[C@@H](COC)C(=O)N(C)C1(Cc2ccc(Cl)cc2)CCCN(C(=O)O)C1. The van der Waals surface area contributed by atoms with Gasteiger partial charge in [0.25, 0.3) is 0 Å². The Morgan fingerprint density at radius 1 is 1.38 bits per heavy atom. The number of piperidine rings is 1. The standard InChI is InChI=1S/C22H30ClN3O6/c1-4-12-32-20(28)24-18(14-31-3)19(27)25(2)22(10-5-11-26(15-22)21(29)30)13-16-6-8-17(23)9-7-16/h4,6-9,18H,1,5,10-15H2,2-3H3,(H,24,28)(H,29,30)/t18-,22?/m0/s1. The highest BCUT2D eigenvalue weighted by molar-refractivity contribution is 6.30. The van der Waals surface area contributed by atoms with Crippen molar-refractivity contribution in [2.75, 3.05) is 40.5 Å². The Labute approximate surface area is 192 Å². The number of halogens is 1. The number of ether oxygens (including phenoxy) is 2. The number of carbonyl (C=O) groups is 3. The Kier molecular flexibility index (Phi) is 9.34. The van der Waals surface area contributed by atoms with E-state index in [-0.39, 0.29) is 19.8 Å². The maximum atomic E-state index is 13.4. The van der Waals surface area contributed by atoms with Gasteiger partial charge in [0.05, 0.1) is 12.1 Å². The number of rotatable bonds is 9. The molecule has 1 aromatic rings. The third-order valence-electron chi connectivity index (χ3n) is 5.57. The van der Waals surface area contributed by atoms with Crippen LogP contribution in [0.5, 0.6) is 0 Å². The van der Waals surface area contributed by atoms with Crippen molar-refractivity contribution < 1.29 is 29.0 Å². The fourth-order valence-corrected chi connectivity index (χ4v) is 4.05. The maximum absolute atomic E-state index is 13.4. The van der Waals surface area contributed by atoms with Gasteiger partial charge in [-0.15, -0.1) is 0 Å². The molecule has 3 amide bonds. The van der Waals surface area contributed by atoms with Crippen LogP contribution in [0.1, 0.15) is 18.4 Å². The molecule has 1 aromatic carbocycles. The number of amides is 3. The summed E-state index contributed by atoms with van der Waals surface area (Å²) in [5.74, 6) is -0.399. The number of hydrogen-bond donors (Lipinski definition) is 2. The second kappa shape index (κ2) is 11.7. The zero-order valence-electron chi connectivity index (χ0n) is 18.4. The van der Waals surface area contributed by atoms with Gasteiger partial charge in [-0.25, -0.2) is 9.59 Å². The lowest BCUT2D eigenvalue weighted by atomic mass is 9.81. The monoisotopic (exact) mass is 467 g/mol. The fraction of sp³-hybridized carbons (Fsp3) is 0.500. The Morgan fingerprint density at radius 2 is 2.06 bits per heavy atom. The summed E-state index contributed by atoms with van der Waals surface area (Å²) in [4.78, 5) is 40.0. The molecule has 10 heteroatoms. The molecule has 0 aromatic heterocycles. The van der Waals surface area contributed by atoms with Gasteiger partial charge in [0.2, 0.25) is 5.91 Å². The van der Waals surface area contributed by atoms with Gasteiger partial charge < -0.3 is 29.7 Å². The summed E-state index contributed by atoms with van der Waals surface area (Å²) in [5, 5.41) is 12.7. The molecular formula is C22H30ClN3O6. The summed E-state index contributed by atoms with van der Waals surface area (Å²) < 4.78 is 10.1. The first-order valence-electron chi connectivity index (χ1n) is 10.3. The van der Waals surface area contributed by atoms with E-state index in [9.17, 15) is 19.5 Å². The average molecular weight is 468 g/mol. The van der Waals surface area contributed by atoms with Crippen molar-refractivity contribution >= 4 is 29.7 Å². The molecule has 1 aliphatic rings. The normalized spacial score (nSPS) is 19.0. The van der Waals surface area contributed by atoms with Crippen LogP contribution in [0.2, 0.25) is 5.02 Å². The first kappa shape index (κ1) is 25.5. The first-order valence-corrected chi connectivity index (χ1v) is 10.6. The highest BCUT2D eigenvalue weighted by atomic mass is 35.5. The highest BCUT2D eigenvalue weighted by Gasteiger charge is 2.44. The number of methoxy groups -OCH3 is 1. The quantitative estimate of drug-likeness (QED) is 0.540. The molecule has 1 fully saturated rings. The summed E-state index contributed by atoms with van der Waals surface area (Å²) in [6, 6.07) is 6.24. The van der Waals surface area contributed by atoms with Crippen molar-refractivity contribution in [1.29, 1.82) is 0 Å². The molecule has 2 N–H and O–H groups in total. The number of benzene rings is 1. The van der Waals surface area contributed by atoms with Crippen molar-refractivity contribution in [1.82, 2.24) is 15.1 Å². The lowest BCUT2D eigenvalue weighted by Crippen LogP contribution is -2.64. The second-order valence-corrected chi connectivity index (χ2v) is 8.21. The van der Waals surface area contributed by atoms with E-state index in [0.29, 0.717) is 30.8 Å². The third-order valence-corrected chi connectivity index (χ3v) is 5.82. The van der Waals surface area contributed by atoms with Crippen molar-refractivity contribution in [2.45, 2.75) is 30.8 Å². The molecule has 0 aliphatic carbocycles. The van der Waals surface area contributed by atoms with Crippen LogP contribution in [0.4, 0.5) is 9.59 Å². The third kappa shape index (κ3) is 6.61. The zero-order valence-corrected chi connectivity index (χ0v) is 19.1. The van der Waals surface area contributed by atoms with Crippen LogP contribution < -0.4 is 5.32 Å². The molecule has 0 radical (unpaired) electrons. The van der Waals surface area contributed by atoms with Crippen LogP contribution in [0, 0.1) is 0 Å². The van der Waals surface area contributed by atoms with E-state index in [2.05, 4.69) is 11.9 Å². The van der Waals surface area contributed by atoms with Crippen LogP contribution in [0.15, 0.2) is 36.9 Å². The van der Waals surface area contributed by atoms with Gasteiger partial charge in [-0.2, -0.15) is 0 Å². The van der Waals surface area contributed by atoms with Crippen molar-refractivity contribution in [3.63, 3.8) is 0 Å². The van der Waals surface area contributed by atoms with Crippen LogP contribution in [-0.4, -0.2) is 85.0 Å². The van der Waals surface area contributed by atoms with Gasteiger partial charge in [0.15, 0.2) is 0 Å². The summed E-state index contributed by atoms with van der Waals surface area (Å²) >= 11 is 6.01. The van der Waals surface area contributed by atoms with E-state index < -0.39 is 29.7 Å². The first-order chi connectivity index (χ1) is 15.2. The number of alkyl carbamates (subject to hydrolysis) is 1. The summed E-state index contributed by atoms with van der Waals surface area (Å²) in [7, 11) is 3.05. The number of hydrogen-bond acceptors (Lipinski definition) is 5. The van der Waals surface area contributed by atoms with E-state index in [1.807, 2.05) is 12.1 Å². The Balaban J connectivity index is 2.31. The minimum absolute atomic E-state index is 0.00361. The Bertz CT molecular complexity index is 818. The molecule has 0 spiro atoms. The number of carbonyl (C=O) groups excluding carboxylic acids is 2. The van der Waals surface area contributed by atoms with Crippen LogP contribution in [0.3, 0.4) is 0 Å². The predicted octanol–water partition coefficient (Wildman–Crippen LogP) is 2.78. The van der Waals surface area contributed by atoms with Crippen molar-refractivity contribution in [3.05, 3.63) is 47.5 Å². The average Bonchev–Trinajstić information content (AvgIpc) is 2.78. The predicted molar refractivity (Wildman–Crippen MR) is 120 cm³/mol. The van der Waals surface area contributed by atoms with Crippen molar-refractivity contribution in [2.24, 2.45) is 0 Å². The molecule has 1 saturated heterocycles. The fourth-order valence-electron chi connectivity index (χ4n) is 3.92. The molecule has 32 heavy (non-hydrogen) atoms. The molecule has 2 rings (SSSR count). The topological polar surface area (TPSA) is 108 Å². The number of likely N-dealkylation sites (N-methyl/N-ethyl adjacent to an activating group) is 1. The lowest BCUT2D eigenvalue weighted by Gasteiger charge is -2.48. The lowest BCUT2D eigenvalue weighted by molar-refractivity contribution is -0.141. The minimum Gasteiger partial charge on any atom is -0.465 e. The van der Waals surface area contributed by atoms with Gasteiger partial charge in [-0.05, 0) is 37.0 Å². The largest absolute Gasteiger partial charge is 0.465 e. The van der Waals surface area contributed by atoms with E-state index in [1.165, 1.54) is 23.0 Å². The number of carboxylic acid groups (broad SMARTS) is 1. The van der Waals surface area contributed by atoms with E-state index >= 15 is 0 Å². The molecule has 2 atom stereocenters. The maximum Gasteiger partial charge on any atom is 0.408 e. The van der Waals surface area contributed by atoms with Gasteiger partial charge in [-0.3, -0.25) is 4.79 Å². The zero-order chi connectivity index (χ0) is 23.7. The summed E-state index contributed by atoms with van der Waals surface area (Å²) in [6.45, 7) is 3.97. The molecular weight excluding hydrogens is 438 g/mol. The molecule has 9 nitrogen and oxygen atoms in total. The Hall–Kier alpha value is -2.78. The Morgan fingerprint density at radius 3 is 2.66 bits per heavy atom. The van der Waals surface area contributed by atoms with E-state index in [4.69, 9.17) is 21.1 Å². The minimum atomic E-state index is -1.04. The molecule has 1 aliphatic heterocycles. The van der Waals surface area contributed by atoms with Crippen molar-refractivity contribution in [3.8, 4) is 0 Å². The molecule has 1 unspecified atom stereocenters. The molecule has 176 valence electrons. The molecule has 0 saturated carbocycles. The number of nitrogens with one attached hydrogen (secondary N) is 1. The van der Waals surface area contributed by atoms with Gasteiger partial charge >= 0.3 is 12.2 Å². The second-order valence-electron chi connectivity index (χ2n) is 7.77. The molecule has 0 bridgehead atoms. The van der Waals surface area contributed by atoms with Gasteiger partial charge in [-0.1, -0.05) is 36.4 Å². The van der Waals surface area contributed by atoms with Crippen LogP contribution in [-0.2, 0) is 20.7 Å². The summed E-state index contributed by atoms with van der Waals surface area (Å²) in [6.07, 6.45) is 1.24. The van der Waals surface area contributed by atoms with Gasteiger partial charge in [0, 0.05) is 32.3 Å². The smallest absolute Gasteiger partial charge is 0.408 e. The molecule has 1 heterocycles. The summed E-state index contributed by atoms with van der Waals surface area (Å²) in [5.41, 5.74) is 0.114. The number of likely N-dealkylation sites (tertiary alicyclic amines) is 1. The van der Waals surface area contributed by atoms with E-state index in [1.54, 1.807) is 19.2 Å². The van der Waals surface area contributed by atoms with Crippen LogP contribution in [0.25, 0.3) is 0 Å².